The quantitative estimate of drug-likeness (QED) is 0.826. The lowest BCUT2D eigenvalue weighted by molar-refractivity contribution is 0.152. The lowest BCUT2D eigenvalue weighted by atomic mass is 10.0. The Hall–Kier alpha value is -0.920. The predicted molar refractivity (Wildman–Crippen MR) is 79.1 cm³/mol. The molecule has 1 unspecified atom stereocenters. The standard InChI is InChI=1S/C15H23N3S/c1-3-6-13-14(8-9-16)19-15(17-13)11-18-10-5-4-7-12(18)2/h12H,3-8,10-11H2,1-2H3. The third kappa shape index (κ3) is 3.77. The van der Waals surface area contributed by atoms with Crippen LogP contribution in [-0.2, 0) is 19.4 Å². The molecule has 4 heteroatoms. The van der Waals surface area contributed by atoms with E-state index in [4.69, 9.17) is 10.2 Å². The van der Waals surface area contributed by atoms with Gasteiger partial charge >= 0.3 is 0 Å². The number of hydrogen-bond acceptors (Lipinski definition) is 4. The molecule has 0 spiro atoms. The number of piperidine rings is 1. The lowest BCUT2D eigenvalue weighted by Crippen LogP contribution is -2.36. The highest BCUT2D eigenvalue weighted by molar-refractivity contribution is 7.11. The highest BCUT2D eigenvalue weighted by Gasteiger charge is 2.20. The molecule has 2 rings (SSSR count). The monoisotopic (exact) mass is 277 g/mol. The molecule has 0 bridgehead atoms. The number of rotatable bonds is 5. The fourth-order valence-corrected chi connectivity index (χ4v) is 3.79. The first-order valence-corrected chi connectivity index (χ1v) is 8.14. The Morgan fingerprint density at radius 2 is 2.32 bits per heavy atom. The van der Waals surface area contributed by atoms with Crippen molar-refractivity contribution >= 4 is 11.3 Å². The van der Waals surface area contributed by atoms with Gasteiger partial charge in [-0.05, 0) is 32.7 Å². The van der Waals surface area contributed by atoms with Gasteiger partial charge in [0.2, 0.25) is 0 Å². The van der Waals surface area contributed by atoms with Gasteiger partial charge in [0.25, 0.3) is 0 Å². The SMILES string of the molecule is CCCc1nc(CN2CCCCC2C)sc1CC#N. The van der Waals surface area contributed by atoms with E-state index in [2.05, 4.69) is 24.8 Å². The molecule has 1 aromatic heterocycles. The predicted octanol–water partition coefficient (Wildman–Crippen LogP) is 3.54. The Bertz CT molecular complexity index is 447. The lowest BCUT2D eigenvalue weighted by Gasteiger charge is -2.32. The van der Waals surface area contributed by atoms with E-state index in [0.717, 1.165) is 25.1 Å². The van der Waals surface area contributed by atoms with Crippen LogP contribution in [0.25, 0.3) is 0 Å². The zero-order chi connectivity index (χ0) is 13.7. The summed E-state index contributed by atoms with van der Waals surface area (Å²) in [4.78, 5) is 8.49. The number of thiazole rings is 1. The Morgan fingerprint density at radius 1 is 1.47 bits per heavy atom. The summed E-state index contributed by atoms with van der Waals surface area (Å²) < 4.78 is 0. The molecule has 0 aromatic carbocycles. The van der Waals surface area contributed by atoms with Crippen LogP contribution in [0.3, 0.4) is 0 Å². The van der Waals surface area contributed by atoms with Crippen molar-refractivity contribution in [2.75, 3.05) is 6.54 Å². The highest BCUT2D eigenvalue weighted by atomic mass is 32.1. The average molecular weight is 277 g/mol. The maximum Gasteiger partial charge on any atom is 0.107 e. The van der Waals surface area contributed by atoms with Gasteiger partial charge in [-0.25, -0.2) is 4.98 Å². The van der Waals surface area contributed by atoms with E-state index in [1.165, 1.54) is 35.7 Å². The maximum absolute atomic E-state index is 8.90. The third-order valence-electron chi connectivity index (χ3n) is 3.83. The van der Waals surface area contributed by atoms with Crippen molar-refractivity contribution in [1.29, 1.82) is 5.26 Å². The van der Waals surface area contributed by atoms with Gasteiger partial charge in [0, 0.05) is 10.9 Å². The second kappa shape index (κ2) is 7.02. The van der Waals surface area contributed by atoms with Gasteiger partial charge < -0.3 is 0 Å². The normalized spacial score (nSPS) is 20.4. The summed E-state index contributed by atoms with van der Waals surface area (Å²) in [7, 11) is 0. The van der Waals surface area contributed by atoms with E-state index in [9.17, 15) is 0 Å². The molecule has 19 heavy (non-hydrogen) atoms. The molecule has 3 nitrogen and oxygen atoms in total. The molecule has 1 aromatic rings. The van der Waals surface area contributed by atoms with E-state index in [0.29, 0.717) is 12.5 Å². The minimum Gasteiger partial charge on any atom is -0.294 e. The molecule has 2 heterocycles. The second-order valence-electron chi connectivity index (χ2n) is 5.38. The van der Waals surface area contributed by atoms with Gasteiger partial charge in [-0.1, -0.05) is 19.8 Å². The molecule has 0 aliphatic carbocycles. The van der Waals surface area contributed by atoms with Crippen LogP contribution in [0.15, 0.2) is 0 Å². The first-order chi connectivity index (χ1) is 9.24. The van der Waals surface area contributed by atoms with E-state index in [1.807, 2.05) is 0 Å². The van der Waals surface area contributed by atoms with Gasteiger partial charge in [-0.2, -0.15) is 5.26 Å². The number of hydrogen-bond donors (Lipinski definition) is 0. The highest BCUT2D eigenvalue weighted by Crippen LogP contribution is 2.25. The molecule has 0 amide bonds. The molecule has 0 radical (unpaired) electrons. The molecule has 0 N–H and O–H groups in total. The summed E-state index contributed by atoms with van der Waals surface area (Å²) in [5, 5.41) is 10.1. The molecular weight excluding hydrogens is 254 g/mol. The van der Waals surface area contributed by atoms with Gasteiger partial charge in [-0.3, -0.25) is 4.90 Å². The summed E-state index contributed by atoms with van der Waals surface area (Å²) in [5.74, 6) is 0. The Kier molecular flexibility index (Phi) is 5.35. The smallest absolute Gasteiger partial charge is 0.107 e. The van der Waals surface area contributed by atoms with E-state index in [-0.39, 0.29) is 0 Å². The van der Waals surface area contributed by atoms with Crippen LogP contribution in [0.2, 0.25) is 0 Å². The Balaban J connectivity index is 2.07. The van der Waals surface area contributed by atoms with Crippen molar-refractivity contribution in [2.45, 2.75) is 65.0 Å². The molecule has 1 aliphatic heterocycles. The maximum atomic E-state index is 8.90. The molecule has 1 fully saturated rings. The van der Waals surface area contributed by atoms with E-state index in [1.54, 1.807) is 11.3 Å². The van der Waals surface area contributed by atoms with Gasteiger partial charge in [-0.15, -0.1) is 11.3 Å². The molecule has 1 saturated heterocycles. The fourth-order valence-electron chi connectivity index (χ4n) is 2.71. The van der Waals surface area contributed by atoms with Crippen LogP contribution >= 0.6 is 11.3 Å². The number of nitriles is 1. The number of aromatic nitrogens is 1. The van der Waals surface area contributed by atoms with Gasteiger partial charge in [0.05, 0.1) is 24.7 Å². The average Bonchev–Trinajstić information content (AvgIpc) is 2.76. The van der Waals surface area contributed by atoms with E-state index < -0.39 is 0 Å². The van der Waals surface area contributed by atoms with Crippen molar-refractivity contribution in [2.24, 2.45) is 0 Å². The molecular formula is C15H23N3S. The van der Waals surface area contributed by atoms with Crippen molar-refractivity contribution in [3.05, 3.63) is 15.6 Å². The summed E-state index contributed by atoms with van der Waals surface area (Å²) in [6, 6.07) is 2.94. The third-order valence-corrected chi connectivity index (χ3v) is 4.91. The van der Waals surface area contributed by atoms with Crippen molar-refractivity contribution in [3.8, 4) is 6.07 Å². The number of nitrogens with zero attached hydrogens (tertiary/aromatic N) is 3. The van der Waals surface area contributed by atoms with Crippen molar-refractivity contribution < 1.29 is 0 Å². The zero-order valence-corrected chi connectivity index (χ0v) is 12.8. The van der Waals surface area contributed by atoms with Gasteiger partial charge in [0.1, 0.15) is 5.01 Å². The van der Waals surface area contributed by atoms with Gasteiger partial charge in [0.15, 0.2) is 0 Å². The summed E-state index contributed by atoms with van der Waals surface area (Å²) in [6.45, 7) is 6.64. The van der Waals surface area contributed by atoms with Crippen LogP contribution in [0.1, 0.15) is 55.1 Å². The van der Waals surface area contributed by atoms with Crippen LogP contribution in [0.4, 0.5) is 0 Å². The number of likely N-dealkylation sites (tertiary alicyclic amines) is 1. The van der Waals surface area contributed by atoms with Crippen LogP contribution < -0.4 is 0 Å². The topological polar surface area (TPSA) is 39.9 Å². The van der Waals surface area contributed by atoms with Crippen LogP contribution in [0, 0.1) is 11.3 Å². The zero-order valence-electron chi connectivity index (χ0n) is 12.0. The summed E-state index contributed by atoms with van der Waals surface area (Å²) in [6.07, 6.45) is 6.59. The minimum absolute atomic E-state index is 0.516. The molecule has 1 aliphatic rings. The fraction of sp³-hybridized carbons (Fsp3) is 0.733. The summed E-state index contributed by atoms with van der Waals surface area (Å²) in [5.41, 5.74) is 1.16. The van der Waals surface area contributed by atoms with Crippen LogP contribution in [-0.4, -0.2) is 22.5 Å². The molecule has 1 atom stereocenters. The molecule has 104 valence electrons. The minimum atomic E-state index is 0.516. The Labute approximate surface area is 120 Å². The van der Waals surface area contributed by atoms with E-state index >= 15 is 0 Å². The number of aryl methyl sites for hydroxylation is 1. The first-order valence-electron chi connectivity index (χ1n) is 7.33. The van der Waals surface area contributed by atoms with Crippen molar-refractivity contribution in [1.82, 2.24) is 9.88 Å². The first kappa shape index (κ1) is 14.5. The molecule has 0 saturated carbocycles. The van der Waals surface area contributed by atoms with Crippen LogP contribution in [0.5, 0.6) is 0 Å². The largest absolute Gasteiger partial charge is 0.294 e. The summed E-state index contributed by atoms with van der Waals surface area (Å²) >= 11 is 1.74. The second-order valence-corrected chi connectivity index (χ2v) is 6.55. The Morgan fingerprint density at radius 3 is 3.00 bits per heavy atom. The van der Waals surface area contributed by atoms with Crippen molar-refractivity contribution in [3.63, 3.8) is 0 Å².